The second-order valence-corrected chi connectivity index (χ2v) is 31.1. The number of urea groups is 2. The van der Waals surface area contributed by atoms with E-state index in [0.717, 1.165) is 0 Å². The average Bonchev–Trinajstić information content (AvgIpc) is 0.799. The third-order valence-electron chi connectivity index (χ3n) is 15.5. The van der Waals surface area contributed by atoms with Crippen LogP contribution in [0.1, 0.15) is 55.2 Å². The van der Waals surface area contributed by atoms with Crippen LogP contribution in [0.25, 0.3) is 0 Å². The predicted molar refractivity (Wildman–Crippen MR) is 380 cm³/mol. The van der Waals surface area contributed by atoms with Gasteiger partial charge in [0, 0.05) is 98.9 Å². The van der Waals surface area contributed by atoms with E-state index in [1.807, 2.05) is 18.2 Å². The molecule has 526 valence electrons. The molecule has 6 N–H and O–H groups in total. The molecule has 101 heavy (non-hydrogen) atoms. The minimum atomic E-state index is -4.05. The lowest BCUT2D eigenvalue weighted by Crippen LogP contribution is -2.47. The first-order chi connectivity index (χ1) is 48.1. The summed E-state index contributed by atoms with van der Waals surface area (Å²) in [7, 11) is -12.0. The number of carbonyl (C=O) groups is 2. The highest BCUT2D eigenvalue weighted by Gasteiger charge is 2.36. The van der Waals surface area contributed by atoms with Crippen LogP contribution < -0.4 is 41.2 Å². The van der Waals surface area contributed by atoms with Gasteiger partial charge in [-0.15, -0.1) is 0 Å². The number of carbonyl (C=O) groups excluding carboxylic acids is 2. The van der Waals surface area contributed by atoms with Crippen LogP contribution >= 0.6 is 69.6 Å². The van der Waals surface area contributed by atoms with Gasteiger partial charge >= 0.3 is 12.1 Å². The number of hydrogen-bond donors (Lipinski definition) is 5. The fourth-order valence-corrected chi connectivity index (χ4v) is 16.9. The maximum absolute atomic E-state index is 13.6. The summed E-state index contributed by atoms with van der Waals surface area (Å²) >= 11 is 36.1. The minimum absolute atomic E-state index is 0.00813. The van der Waals surface area contributed by atoms with E-state index in [9.17, 15) is 59.4 Å². The van der Waals surface area contributed by atoms with Crippen LogP contribution in [0, 0.1) is 45.6 Å². The van der Waals surface area contributed by atoms with E-state index in [1.54, 1.807) is 18.2 Å². The molecular formula is C68H59Cl6F2N11O11S3. The molecule has 0 atom stereocenters. The zero-order valence-corrected chi connectivity index (χ0v) is 59.7. The highest BCUT2D eigenvalue weighted by molar-refractivity contribution is 7.89. The Kier molecular flexibility index (Phi) is 26.1. The molecule has 3 saturated heterocycles. The average molecular weight is 1550 g/mol. The van der Waals surface area contributed by atoms with Crippen LogP contribution in [-0.4, -0.2) is 108 Å². The lowest BCUT2D eigenvalue weighted by molar-refractivity contribution is 0.237. The molecule has 4 amide bonds. The maximum atomic E-state index is 13.6. The van der Waals surface area contributed by atoms with Crippen molar-refractivity contribution in [2.75, 3.05) is 49.9 Å². The van der Waals surface area contributed by atoms with Gasteiger partial charge in [-0.2, -0.15) is 28.7 Å². The van der Waals surface area contributed by atoms with Crippen molar-refractivity contribution in [1.29, 1.82) is 15.8 Å². The Labute approximate surface area is 611 Å². The lowest BCUT2D eigenvalue weighted by atomic mass is 10.1. The molecule has 0 unspecified atom stereocenters. The number of sulfonamides is 3. The highest BCUT2D eigenvalue weighted by atomic mass is 35.5. The molecule has 3 aliphatic rings. The molecule has 0 aromatic heterocycles. The summed E-state index contributed by atoms with van der Waals surface area (Å²) in [6.07, 6.45) is 2.58. The molecule has 3 aliphatic heterocycles. The van der Waals surface area contributed by atoms with E-state index in [0.29, 0.717) is 98.9 Å². The number of nitrogens with zero attached hydrogens (tertiary/aromatic N) is 6. The fraction of sp³-hybridized carbons (Fsp3) is 0.221. The van der Waals surface area contributed by atoms with Gasteiger partial charge in [0.2, 0.25) is 30.1 Å². The SMILES string of the molecule is N#Cc1ccc(Oc2cc(Cl)cc(Cl)c2)c(S(=O)(=O)N2CCC(N)CC2)c1.N#Cc1ccc(Oc2cc(Cl)cc(Cl)c2)c(S(=O)(=O)N2CCC(NC(=O)Nc3cccc(F)c3)CC2)c1.N#Cc1ccc(Oc2cc(Cl)cc(Cl)c2)c(S(=O)(=O)N2CCC(NC(=O)Nc3cccc(F)c3)CC2)c1. The zero-order valence-electron chi connectivity index (χ0n) is 52.7. The Hall–Kier alpha value is -8.54. The quantitative estimate of drug-likeness (QED) is 0.0600. The van der Waals surface area contributed by atoms with Crippen molar-refractivity contribution in [3.05, 3.63) is 216 Å². The number of rotatable bonds is 16. The summed E-state index contributed by atoms with van der Waals surface area (Å²) in [5, 5.41) is 40.5. The largest absolute Gasteiger partial charge is 0.456 e. The van der Waals surface area contributed by atoms with Gasteiger partial charge in [0.15, 0.2) is 0 Å². The molecule has 8 aromatic carbocycles. The number of nitriles is 3. The Morgan fingerprint density at radius 2 is 0.693 bits per heavy atom. The van der Waals surface area contributed by atoms with E-state index in [4.69, 9.17) is 89.5 Å². The Bertz CT molecular complexity index is 4610. The maximum Gasteiger partial charge on any atom is 0.319 e. The van der Waals surface area contributed by atoms with Crippen LogP contribution in [0.4, 0.5) is 29.7 Å². The number of nitrogens with two attached hydrogens (primary N) is 1. The zero-order chi connectivity index (χ0) is 72.8. The summed E-state index contributed by atoms with van der Waals surface area (Å²) in [5.74, 6) is -0.0235. The molecule has 8 aromatic rings. The fourth-order valence-electron chi connectivity index (χ4n) is 10.6. The molecular weight excluding hydrogens is 1490 g/mol. The predicted octanol–water partition coefficient (Wildman–Crippen LogP) is 15.3. The number of benzene rings is 8. The van der Waals surface area contributed by atoms with Crippen molar-refractivity contribution in [2.45, 2.75) is 71.3 Å². The van der Waals surface area contributed by atoms with Gasteiger partial charge in [0.25, 0.3) is 0 Å². The molecule has 0 saturated carbocycles. The van der Waals surface area contributed by atoms with Gasteiger partial charge in [0.05, 0.1) is 34.9 Å². The Morgan fingerprint density at radius 3 is 0.960 bits per heavy atom. The Morgan fingerprint density at radius 1 is 0.416 bits per heavy atom. The third kappa shape index (κ3) is 21.1. The van der Waals surface area contributed by atoms with Crippen LogP contribution in [0.5, 0.6) is 34.5 Å². The molecule has 0 radical (unpaired) electrons. The van der Waals surface area contributed by atoms with Gasteiger partial charge in [-0.1, -0.05) is 81.7 Å². The topological polar surface area (TPSA) is 319 Å². The van der Waals surface area contributed by atoms with Crippen LogP contribution in [-0.2, 0) is 30.1 Å². The first-order valence-electron chi connectivity index (χ1n) is 30.5. The van der Waals surface area contributed by atoms with Crippen molar-refractivity contribution < 1.29 is 57.8 Å². The molecule has 3 fully saturated rings. The van der Waals surface area contributed by atoms with Crippen LogP contribution in [0.2, 0.25) is 30.1 Å². The summed E-state index contributed by atoms with van der Waals surface area (Å²) in [6, 6.07) is 41.4. The monoisotopic (exact) mass is 1550 g/mol. The van der Waals surface area contributed by atoms with Crippen LogP contribution in [0.15, 0.2) is 172 Å². The normalized spacial score (nSPS) is 15.0. The summed E-state index contributed by atoms with van der Waals surface area (Å²) in [6.45, 7) is 1.17. The number of hydrogen-bond acceptors (Lipinski definition) is 15. The molecule has 33 heteroatoms. The second-order valence-electron chi connectivity index (χ2n) is 22.8. The number of nitrogens with one attached hydrogen (secondary N) is 4. The number of piperidine rings is 3. The number of anilines is 2. The van der Waals surface area contributed by atoms with E-state index in [2.05, 4.69) is 21.3 Å². The minimum Gasteiger partial charge on any atom is -0.456 e. The van der Waals surface area contributed by atoms with Crippen molar-refractivity contribution >= 4 is 123 Å². The van der Waals surface area contributed by atoms with Crippen molar-refractivity contribution in [2.24, 2.45) is 5.73 Å². The smallest absolute Gasteiger partial charge is 0.319 e. The molecule has 22 nitrogen and oxygen atoms in total. The highest BCUT2D eigenvalue weighted by Crippen LogP contribution is 2.39. The summed E-state index contributed by atoms with van der Waals surface area (Å²) < 4.78 is 128. The van der Waals surface area contributed by atoms with Crippen molar-refractivity contribution in [1.82, 2.24) is 23.5 Å². The van der Waals surface area contributed by atoms with Gasteiger partial charge in [-0.25, -0.2) is 43.6 Å². The number of halogens is 8. The van der Waals surface area contributed by atoms with Gasteiger partial charge in [-0.05, 0) is 184 Å². The molecule has 11 rings (SSSR count). The van der Waals surface area contributed by atoms with Crippen molar-refractivity contribution in [3.8, 4) is 52.7 Å². The third-order valence-corrected chi connectivity index (χ3v) is 22.6. The first-order valence-corrected chi connectivity index (χ1v) is 37.1. The van der Waals surface area contributed by atoms with Gasteiger partial charge < -0.3 is 41.2 Å². The number of amides is 4. The van der Waals surface area contributed by atoms with Crippen molar-refractivity contribution in [3.63, 3.8) is 0 Å². The van der Waals surface area contributed by atoms with E-state index in [1.165, 1.54) is 152 Å². The van der Waals surface area contributed by atoms with Crippen LogP contribution in [0.3, 0.4) is 0 Å². The Balaban J connectivity index is 0.000000179. The number of ether oxygens (including phenoxy) is 3. The van der Waals surface area contributed by atoms with E-state index in [-0.39, 0.29) is 104 Å². The first kappa shape index (κ1) is 76.6. The second kappa shape index (κ2) is 34.4. The van der Waals surface area contributed by atoms with Gasteiger partial charge in [-0.3, -0.25) is 0 Å². The summed E-state index contributed by atoms with van der Waals surface area (Å²) in [5.41, 5.74) is 7.02. The molecule has 0 spiro atoms. The standard InChI is InChI=1S/2C25H21Cl2FN4O4S.C18H17Cl2N3O3S/c2*26-17-11-18(27)13-22(12-17)36-23-5-4-16(15-29)10-24(23)37(34,35)32-8-6-20(7-9-32)30-25(33)31-21-3-1-2-19(28)14-21;19-13-8-14(20)10-16(9-13)26-17-2-1-12(11-21)7-18(17)27(24,25)23-5-3-15(22)4-6-23/h2*1-5,10-14,20H,6-9H2,(H2,30,31,33);1-2,7-10,15H,3-6,22H2. The summed E-state index contributed by atoms with van der Waals surface area (Å²) in [4.78, 5) is 24.2. The lowest BCUT2D eigenvalue weighted by Gasteiger charge is -2.32. The molecule has 0 aliphatic carbocycles. The molecule has 3 heterocycles. The van der Waals surface area contributed by atoms with Gasteiger partial charge in [0.1, 0.15) is 60.8 Å². The molecule has 0 bridgehead atoms. The van der Waals surface area contributed by atoms with E-state index < -0.39 is 53.8 Å². The van der Waals surface area contributed by atoms with E-state index >= 15 is 0 Å².